The van der Waals surface area contributed by atoms with Gasteiger partial charge in [-0.05, 0) is 31.0 Å². The van der Waals surface area contributed by atoms with Gasteiger partial charge in [-0.2, -0.15) is 0 Å². The Bertz CT molecular complexity index is 897. The van der Waals surface area contributed by atoms with E-state index in [1.807, 2.05) is 37.3 Å². The van der Waals surface area contributed by atoms with Crippen molar-refractivity contribution in [2.75, 3.05) is 5.73 Å². The highest BCUT2D eigenvalue weighted by molar-refractivity contribution is 7.26. The summed E-state index contributed by atoms with van der Waals surface area (Å²) in [6.07, 6.45) is 8.99. The molecule has 3 aromatic rings. The van der Waals surface area contributed by atoms with Crippen LogP contribution in [-0.2, 0) is 6.42 Å². The normalized spacial score (nSPS) is 12.0. The lowest BCUT2D eigenvalue weighted by atomic mass is 10.00. The molecule has 0 radical (unpaired) electrons. The Labute approximate surface area is 135 Å². The first-order chi connectivity index (χ1) is 10.7. The number of hydrogen-bond acceptors (Lipinski definition) is 2. The lowest BCUT2D eigenvalue weighted by Crippen LogP contribution is -1.88. The molecule has 0 amide bonds. The Morgan fingerprint density at radius 1 is 1.18 bits per heavy atom. The molecule has 1 nitrogen and oxygen atoms in total. The molecule has 3 rings (SSSR count). The first-order valence-corrected chi connectivity index (χ1v) is 8.18. The zero-order valence-corrected chi connectivity index (χ0v) is 13.5. The fraction of sp³-hybridized carbons (Fsp3) is 0.100. The van der Waals surface area contributed by atoms with E-state index in [1.165, 1.54) is 25.7 Å². The SMILES string of the molecule is C=C(/C=C\C=C/C)Cc1cccc2sc3c(N)cccc3c12. The number of allylic oxidation sites excluding steroid dienone is 5. The maximum absolute atomic E-state index is 6.13. The Morgan fingerprint density at radius 3 is 2.82 bits per heavy atom. The van der Waals surface area contributed by atoms with Crippen molar-refractivity contribution in [3.05, 3.63) is 78.4 Å². The molecule has 0 spiro atoms. The van der Waals surface area contributed by atoms with Crippen molar-refractivity contribution in [2.24, 2.45) is 0 Å². The number of hydrogen-bond donors (Lipinski definition) is 1. The van der Waals surface area contributed by atoms with Crippen molar-refractivity contribution in [2.45, 2.75) is 13.3 Å². The van der Waals surface area contributed by atoms with Gasteiger partial charge < -0.3 is 5.73 Å². The van der Waals surface area contributed by atoms with E-state index in [2.05, 4.69) is 36.9 Å². The van der Waals surface area contributed by atoms with Gasteiger partial charge in [-0.1, -0.05) is 60.7 Å². The van der Waals surface area contributed by atoms with Crippen molar-refractivity contribution >= 4 is 37.2 Å². The molecule has 0 unspecified atom stereocenters. The number of nitrogen functional groups attached to an aromatic ring is 1. The standard InChI is InChI=1S/C20H19NS/c1-3-4-5-8-14(2)13-15-9-6-12-18-19(15)16-10-7-11-17(21)20(16)22-18/h3-12H,2,13,21H2,1H3/b4-3-,8-5-. The molecule has 0 saturated carbocycles. The van der Waals surface area contributed by atoms with Gasteiger partial charge in [-0.15, -0.1) is 11.3 Å². The fourth-order valence-corrected chi connectivity index (χ4v) is 3.87. The number of rotatable bonds is 4. The zero-order chi connectivity index (χ0) is 15.5. The Kier molecular flexibility index (Phi) is 4.12. The molecule has 2 heteroatoms. The minimum atomic E-state index is 0.853. The summed E-state index contributed by atoms with van der Waals surface area (Å²) in [4.78, 5) is 0. The van der Waals surface area contributed by atoms with Crippen LogP contribution in [0.5, 0.6) is 0 Å². The van der Waals surface area contributed by atoms with E-state index in [-0.39, 0.29) is 0 Å². The second-order valence-electron chi connectivity index (χ2n) is 5.34. The van der Waals surface area contributed by atoms with Crippen LogP contribution in [0.4, 0.5) is 5.69 Å². The molecular formula is C20H19NS. The highest BCUT2D eigenvalue weighted by atomic mass is 32.1. The average molecular weight is 305 g/mol. The van der Waals surface area contributed by atoms with Crippen LogP contribution in [0.25, 0.3) is 20.2 Å². The maximum atomic E-state index is 6.13. The van der Waals surface area contributed by atoms with Crippen LogP contribution >= 0.6 is 11.3 Å². The van der Waals surface area contributed by atoms with Crippen molar-refractivity contribution in [1.82, 2.24) is 0 Å². The maximum Gasteiger partial charge on any atom is 0.0584 e. The fourth-order valence-electron chi connectivity index (χ4n) is 2.70. The minimum absolute atomic E-state index is 0.853. The molecule has 0 atom stereocenters. The van der Waals surface area contributed by atoms with Crippen molar-refractivity contribution in [3.63, 3.8) is 0 Å². The third-order valence-corrected chi connectivity index (χ3v) is 4.91. The molecule has 0 aliphatic heterocycles. The predicted octanol–water partition coefficient (Wildman–Crippen LogP) is 5.87. The van der Waals surface area contributed by atoms with Gasteiger partial charge in [0.05, 0.1) is 4.70 Å². The number of thiophene rings is 1. The second kappa shape index (κ2) is 6.20. The second-order valence-corrected chi connectivity index (χ2v) is 6.39. The van der Waals surface area contributed by atoms with Crippen LogP contribution in [-0.4, -0.2) is 0 Å². The molecule has 110 valence electrons. The summed E-state index contributed by atoms with van der Waals surface area (Å²) in [5, 5.41) is 2.57. The number of benzene rings is 2. The number of nitrogens with two attached hydrogens (primary N) is 1. The van der Waals surface area contributed by atoms with Gasteiger partial charge in [0.2, 0.25) is 0 Å². The lowest BCUT2D eigenvalue weighted by molar-refractivity contribution is 1.23. The third kappa shape index (κ3) is 2.70. The topological polar surface area (TPSA) is 26.0 Å². The van der Waals surface area contributed by atoms with Crippen molar-refractivity contribution in [1.29, 1.82) is 0 Å². The molecule has 2 N–H and O–H groups in total. The molecule has 0 aliphatic rings. The number of fused-ring (bicyclic) bond motifs is 3. The van der Waals surface area contributed by atoms with E-state index in [0.717, 1.165) is 17.7 Å². The summed E-state index contributed by atoms with van der Waals surface area (Å²) in [6, 6.07) is 12.6. The summed E-state index contributed by atoms with van der Waals surface area (Å²) < 4.78 is 2.47. The van der Waals surface area contributed by atoms with Gasteiger partial charge in [0, 0.05) is 21.2 Å². The van der Waals surface area contributed by atoms with Crippen molar-refractivity contribution in [3.8, 4) is 0 Å². The van der Waals surface area contributed by atoms with Crippen LogP contribution in [0, 0.1) is 0 Å². The third-order valence-electron chi connectivity index (χ3n) is 3.69. The molecular weight excluding hydrogens is 286 g/mol. The highest BCUT2D eigenvalue weighted by Crippen LogP contribution is 2.39. The van der Waals surface area contributed by atoms with Gasteiger partial charge in [-0.3, -0.25) is 0 Å². The van der Waals surface area contributed by atoms with Crippen LogP contribution in [0.3, 0.4) is 0 Å². The van der Waals surface area contributed by atoms with E-state index < -0.39 is 0 Å². The molecule has 0 saturated heterocycles. The average Bonchev–Trinajstić information content (AvgIpc) is 2.89. The summed E-state index contributed by atoms with van der Waals surface area (Å²) in [7, 11) is 0. The summed E-state index contributed by atoms with van der Waals surface area (Å²) in [5.41, 5.74) is 9.40. The van der Waals surface area contributed by atoms with Crippen LogP contribution < -0.4 is 5.73 Å². The summed E-state index contributed by atoms with van der Waals surface area (Å²) in [5.74, 6) is 0. The van der Waals surface area contributed by atoms with Gasteiger partial charge in [0.25, 0.3) is 0 Å². The van der Waals surface area contributed by atoms with Gasteiger partial charge in [0.1, 0.15) is 0 Å². The first-order valence-electron chi connectivity index (χ1n) is 7.36. The Balaban J connectivity index is 2.08. The highest BCUT2D eigenvalue weighted by Gasteiger charge is 2.10. The van der Waals surface area contributed by atoms with E-state index >= 15 is 0 Å². The number of anilines is 1. The van der Waals surface area contributed by atoms with E-state index in [0.29, 0.717) is 0 Å². The summed E-state index contributed by atoms with van der Waals surface area (Å²) >= 11 is 1.77. The molecule has 2 aromatic carbocycles. The smallest absolute Gasteiger partial charge is 0.0584 e. The van der Waals surface area contributed by atoms with Gasteiger partial charge >= 0.3 is 0 Å². The first kappa shape index (κ1) is 14.6. The van der Waals surface area contributed by atoms with Crippen LogP contribution in [0.1, 0.15) is 12.5 Å². The minimum Gasteiger partial charge on any atom is -0.398 e. The van der Waals surface area contributed by atoms with Crippen molar-refractivity contribution < 1.29 is 0 Å². The predicted molar refractivity (Wildman–Crippen MR) is 101 cm³/mol. The molecule has 1 aromatic heterocycles. The van der Waals surface area contributed by atoms with E-state index in [1.54, 1.807) is 11.3 Å². The largest absolute Gasteiger partial charge is 0.398 e. The molecule has 0 fully saturated rings. The monoisotopic (exact) mass is 305 g/mol. The zero-order valence-electron chi connectivity index (χ0n) is 12.7. The Morgan fingerprint density at radius 2 is 2.00 bits per heavy atom. The van der Waals surface area contributed by atoms with Gasteiger partial charge in [0.15, 0.2) is 0 Å². The van der Waals surface area contributed by atoms with E-state index in [9.17, 15) is 0 Å². The van der Waals surface area contributed by atoms with Gasteiger partial charge in [-0.25, -0.2) is 0 Å². The van der Waals surface area contributed by atoms with E-state index in [4.69, 9.17) is 5.73 Å². The molecule has 0 bridgehead atoms. The summed E-state index contributed by atoms with van der Waals surface area (Å²) in [6.45, 7) is 6.18. The molecule has 1 heterocycles. The quantitative estimate of drug-likeness (QED) is 0.473. The Hall–Kier alpha value is -2.32. The molecule has 0 aliphatic carbocycles. The van der Waals surface area contributed by atoms with Crippen LogP contribution in [0.15, 0.2) is 72.9 Å². The molecule has 22 heavy (non-hydrogen) atoms. The van der Waals surface area contributed by atoms with Crippen LogP contribution in [0.2, 0.25) is 0 Å². The lowest BCUT2D eigenvalue weighted by Gasteiger charge is -2.04.